The van der Waals surface area contributed by atoms with Crippen molar-refractivity contribution in [1.29, 1.82) is 0 Å². The summed E-state index contributed by atoms with van der Waals surface area (Å²) in [5.74, 6) is 0.146. The van der Waals surface area contributed by atoms with Gasteiger partial charge in [-0.25, -0.2) is 13.6 Å². The molecular formula is C19H22N6O4S. The highest BCUT2D eigenvalue weighted by molar-refractivity contribution is 7.89. The number of tetrazole rings is 1. The zero-order valence-corrected chi connectivity index (χ0v) is 16.9. The molecule has 0 amide bonds. The van der Waals surface area contributed by atoms with Crippen molar-refractivity contribution in [3.63, 3.8) is 0 Å². The van der Waals surface area contributed by atoms with Gasteiger partial charge in [-0.15, -0.1) is 10.2 Å². The Morgan fingerprint density at radius 2 is 2.03 bits per heavy atom. The minimum atomic E-state index is -3.99. The van der Waals surface area contributed by atoms with E-state index in [9.17, 15) is 13.5 Å². The first-order valence-corrected chi connectivity index (χ1v) is 10.9. The molecule has 0 aliphatic carbocycles. The summed E-state index contributed by atoms with van der Waals surface area (Å²) in [6, 6.07) is 12.5. The maximum absolute atomic E-state index is 12.1. The number of rotatable bonds is 7. The summed E-state index contributed by atoms with van der Waals surface area (Å²) >= 11 is 0. The summed E-state index contributed by atoms with van der Waals surface area (Å²) in [6.45, 7) is 1.95. The molecule has 2 aromatic carbocycles. The molecule has 2 heterocycles. The van der Waals surface area contributed by atoms with Gasteiger partial charge < -0.3 is 15.2 Å². The van der Waals surface area contributed by atoms with Crippen molar-refractivity contribution in [2.24, 2.45) is 5.14 Å². The van der Waals surface area contributed by atoms with Crippen LogP contribution in [0.1, 0.15) is 12.0 Å². The summed E-state index contributed by atoms with van der Waals surface area (Å²) in [4.78, 5) is -0.0702. The van der Waals surface area contributed by atoms with E-state index in [1.165, 1.54) is 6.07 Å². The van der Waals surface area contributed by atoms with Crippen LogP contribution in [0.5, 0.6) is 0 Å². The SMILES string of the molecule is NS(=O)(=O)c1cccc(-c2ccc(CNCC3(O)CCOC3)cc2)c1-c1nn[nH]n1. The Balaban J connectivity index is 1.58. The Hall–Kier alpha value is -2.70. The first-order chi connectivity index (χ1) is 14.4. The first-order valence-electron chi connectivity index (χ1n) is 9.36. The number of nitrogens with two attached hydrogens (primary N) is 1. The molecule has 1 saturated heterocycles. The Bertz CT molecular complexity index is 1110. The van der Waals surface area contributed by atoms with Crippen LogP contribution in [-0.4, -0.2) is 59.5 Å². The van der Waals surface area contributed by atoms with Crippen molar-refractivity contribution < 1.29 is 18.3 Å². The van der Waals surface area contributed by atoms with E-state index in [1.807, 2.05) is 24.3 Å². The number of aliphatic hydroxyl groups is 1. The van der Waals surface area contributed by atoms with Crippen LogP contribution in [-0.2, 0) is 21.3 Å². The average Bonchev–Trinajstić information content (AvgIpc) is 3.40. The molecule has 1 aromatic heterocycles. The standard InChI is InChI=1S/C19H22N6O4S/c20-30(27,28)16-3-1-2-15(17(16)18-22-24-25-23-18)14-6-4-13(5-7-14)10-21-11-19(26)8-9-29-12-19/h1-7,21,26H,8-12H2,(H2,20,27,28)(H,22,23,24,25). The Labute approximate surface area is 173 Å². The molecule has 0 spiro atoms. The zero-order valence-electron chi connectivity index (χ0n) is 16.1. The average molecular weight is 430 g/mol. The lowest BCUT2D eigenvalue weighted by Gasteiger charge is -2.20. The van der Waals surface area contributed by atoms with E-state index in [0.29, 0.717) is 43.9 Å². The Morgan fingerprint density at radius 3 is 2.67 bits per heavy atom. The van der Waals surface area contributed by atoms with Gasteiger partial charge in [-0.05, 0) is 28.0 Å². The molecule has 158 valence electrons. The molecule has 0 bridgehead atoms. The quantitative estimate of drug-likeness (QED) is 0.420. The topological polar surface area (TPSA) is 156 Å². The van der Waals surface area contributed by atoms with Gasteiger partial charge in [-0.2, -0.15) is 5.21 Å². The molecule has 1 atom stereocenters. The summed E-state index contributed by atoms with van der Waals surface area (Å²) in [7, 11) is -3.99. The lowest BCUT2D eigenvalue weighted by molar-refractivity contribution is 0.0268. The van der Waals surface area contributed by atoms with Crippen molar-refractivity contribution in [2.45, 2.75) is 23.5 Å². The van der Waals surface area contributed by atoms with Gasteiger partial charge >= 0.3 is 0 Å². The summed E-state index contributed by atoms with van der Waals surface area (Å²) in [5, 5.41) is 32.7. The maximum atomic E-state index is 12.1. The highest BCUT2D eigenvalue weighted by Gasteiger charge is 2.31. The summed E-state index contributed by atoms with van der Waals surface area (Å²) in [5.41, 5.74) is 1.91. The van der Waals surface area contributed by atoms with Crippen LogP contribution < -0.4 is 10.5 Å². The number of benzene rings is 2. The third-order valence-electron chi connectivity index (χ3n) is 5.03. The molecule has 3 aromatic rings. The third kappa shape index (κ3) is 4.40. The molecule has 1 aliphatic heterocycles. The number of sulfonamides is 1. The minimum absolute atomic E-state index is 0.0702. The van der Waals surface area contributed by atoms with E-state index in [2.05, 4.69) is 25.9 Å². The van der Waals surface area contributed by atoms with Gasteiger partial charge in [-0.3, -0.25) is 0 Å². The smallest absolute Gasteiger partial charge is 0.238 e. The molecule has 11 heteroatoms. The van der Waals surface area contributed by atoms with E-state index < -0.39 is 15.6 Å². The number of hydrogen-bond donors (Lipinski definition) is 4. The molecule has 30 heavy (non-hydrogen) atoms. The van der Waals surface area contributed by atoms with Crippen molar-refractivity contribution in [1.82, 2.24) is 25.9 Å². The second kappa shape index (κ2) is 8.20. The first kappa shape index (κ1) is 20.6. The van der Waals surface area contributed by atoms with Gasteiger partial charge in [0.15, 0.2) is 0 Å². The van der Waals surface area contributed by atoms with Crippen molar-refractivity contribution in [2.75, 3.05) is 19.8 Å². The Kier molecular flexibility index (Phi) is 5.62. The third-order valence-corrected chi connectivity index (χ3v) is 5.99. The number of hydrogen-bond acceptors (Lipinski definition) is 8. The molecule has 0 saturated carbocycles. The van der Waals surface area contributed by atoms with Gasteiger partial charge in [0.05, 0.1) is 17.1 Å². The number of aromatic amines is 1. The van der Waals surface area contributed by atoms with Gasteiger partial charge in [0.2, 0.25) is 15.8 Å². The highest BCUT2D eigenvalue weighted by atomic mass is 32.2. The van der Waals surface area contributed by atoms with E-state index in [-0.39, 0.29) is 10.7 Å². The molecule has 0 radical (unpaired) electrons. The number of aromatic nitrogens is 4. The van der Waals surface area contributed by atoms with Gasteiger partial charge in [0.1, 0.15) is 5.60 Å². The normalized spacial score (nSPS) is 19.3. The molecule has 1 unspecified atom stereocenters. The van der Waals surface area contributed by atoms with E-state index in [0.717, 1.165) is 11.1 Å². The molecule has 1 fully saturated rings. The van der Waals surface area contributed by atoms with Gasteiger partial charge in [0.25, 0.3) is 0 Å². The fourth-order valence-corrected chi connectivity index (χ4v) is 4.24. The fraction of sp³-hybridized carbons (Fsp3) is 0.316. The van der Waals surface area contributed by atoms with Crippen LogP contribution in [0.3, 0.4) is 0 Å². The fourth-order valence-electron chi connectivity index (χ4n) is 3.48. The highest BCUT2D eigenvalue weighted by Crippen LogP contribution is 2.34. The van der Waals surface area contributed by atoms with Gasteiger partial charge in [0, 0.05) is 26.1 Å². The van der Waals surface area contributed by atoms with E-state index in [4.69, 9.17) is 9.88 Å². The molecule has 10 nitrogen and oxygen atoms in total. The molecule has 1 aliphatic rings. The number of H-pyrrole nitrogens is 1. The van der Waals surface area contributed by atoms with Gasteiger partial charge in [-0.1, -0.05) is 36.4 Å². The van der Waals surface area contributed by atoms with Crippen LogP contribution in [0, 0.1) is 0 Å². The van der Waals surface area contributed by atoms with Crippen LogP contribution in [0.15, 0.2) is 47.4 Å². The minimum Gasteiger partial charge on any atom is -0.386 e. The zero-order chi connectivity index (χ0) is 21.2. The van der Waals surface area contributed by atoms with Crippen LogP contribution in [0.2, 0.25) is 0 Å². The van der Waals surface area contributed by atoms with Crippen molar-refractivity contribution >= 4 is 10.0 Å². The molecule has 5 N–H and O–H groups in total. The number of nitrogens with one attached hydrogen (secondary N) is 2. The maximum Gasteiger partial charge on any atom is 0.238 e. The van der Waals surface area contributed by atoms with Crippen LogP contribution in [0.4, 0.5) is 0 Å². The van der Waals surface area contributed by atoms with Crippen molar-refractivity contribution in [3.8, 4) is 22.5 Å². The predicted molar refractivity (Wildman–Crippen MR) is 109 cm³/mol. The van der Waals surface area contributed by atoms with Crippen molar-refractivity contribution in [3.05, 3.63) is 48.0 Å². The summed E-state index contributed by atoms with van der Waals surface area (Å²) < 4.78 is 29.4. The van der Waals surface area contributed by atoms with Crippen LogP contribution in [0.25, 0.3) is 22.5 Å². The summed E-state index contributed by atoms with van der Waals surface area (Å²) in [6.07, 6.45) is 0.623. The molecule has 4 rings (SSSR count). The van der Waals surface area contributed by atoms with E-state index >= 15 is 0 Å². The second-order valence-corrected chi connectivity index (χ2v) is 8.82. The Morgan fingerprint density at radius 1 is 1.23 bits per heavy atom. The lowest BCUT2D eigenvalue weighted by atomic mass is 9.98. The second-order valence-electron chi connectivity index (χ2n) is 7.29. The van der Waals surface area contributed by atoms with E-state index in [1.54, 1.807) is 12.1 Å². The number of primary sulfonamides is 1. The number of nitrogens with zero attached hydrogens (tertiary/aromatic N) is 3. The van der Waals surface area contributed by atoms with Crippen LogP contribution >= 0.6 is 0 Å². The number of ether oxygens (including phenoxy) is 1. The largest absolute Gasteiger partial charge is 0.386 e. The predicted octanol–water partition coefficient (Wildman–Crippen LogP) is 0.422. The molecular weight excluding hydrogens is 408 g/mol. The lowest BCUT2D eigenvalue weighted by Crippen LogP contribution is -2.40. The monoisotopic (exact) mass is 430 g/mol.